The van der Waals surface area contributed by atoms with Crippen LogP contribution in [0.1, 0.15) is 42.9 Å². The number of carboxylic acid groups (broad SMARTS) is 1. The second-order valence-electron chi connectivity index (χ2n) is 5.48. The largest absolute Gasteiger partial charge is 0.491 e. The number of benzene rings is 1. The quantitative estimate of drug-likeness (QED) is 0.845. The van der Waals surface area contributed by atoms with E-state index < -0.39 is 12.0 Å². The van der Waals surface area contributed by atoms with Gasteiger partial charge in [-0.3, -0.25) is 4.79 Å². The van der Waals surface area contributed by atoms with Gasteiger partial charge in [-0.05, 0) is 37.3 Å². The number of aryl methyl sites for hydroxylation is 1. The van der Waals surface area contributed by atoms with Crippen molar-refractivity contribution in [1.82, 2.24) is 0 Å². The molecule has 4 nitrogen and oxygen atoms in total. The van der Waals surface area contributed by atoms with Crippen LogP contribution in [0.4, 0.5) is 0 Å². The lowest BCUT2D eigenvalue weighted by atomic mass is 9.86. The number of hydrogen-bond acceptors (Lipinski definition) is 3. The molecule has 0 spiro atoms. The Bertz CT molecular complexity index is 500. The van der Waals surface area contributed by atoms with E-state index in [1.165, 1.54) is 19.3 Å². The first-order chi connectivity index (χ1) is 9.47. The molecule has 1 aliphatic rings. The van der Waals surface area contributed by atoms with Crippen molar-refractivity contribution in [2.24, 2.45) is 11.7 Å². The van der Waals surface area contributed by atoms with Crippen LogP contribution in [-0.2, 0) is 4.79 Å². The maximum absolute atomic E-state index is 10.8. The van der Waals surface area contributed by atoms with E-state index in [0.29, 0.717) is 28.9 Å². The van der Waals surface area contributed by atoms with Crippen LogP contribution in [0.25, 0.3) is 0 Å². The topological polar surface area (TPSA) is 72.5 Å². The van der Waals surface area contributed by atoms with Crippen molar-refractivity contribution in [2.75, 3.05) is 6.61 Å². The minimum atomic E-state index is -0.930. The van der Waals surface area contributed by atoms with Crippen molar-refractivity contribution < 1.29 is 14.6 Å². The minimum absolute atomic E-state index is 0.139. The highest BCUT2D eigenvalue weighted by atomic mass is 35.5. The van der Waals surface area contributed by atoms with Gasteiger partial charge in [-0.25, -0.2) is 0 Å². The molecule has 2 rings (SSSR count). The van der Waals surface area contributed by atoms with Crippen LogP contribution in [0, 0.1) is 12.8 Å². The molecule has 0 aliphatic heterocycles. The summed E-state index contributed by atoms with van der Waals surface area (Å²) in [5.74, 6) is 0.189. The van der Waals surface area contributed by atoms with Crippen molar-refractivity contribution in [3.8, 4) is 5.75 Å². The van der Waals surface area contributed by atoms with E-state index in [1.807, 2.05) is 19.1 Å². The fourth-order valence-electron chi connectivity index (χ4n) is 2.34. The first-order valence-electron chi connectivity index (χ1n) is 6.87. The maximum atomic E-state index is 10.8. The van der Waals surface area contributed by atoms with Crippen molar-refractivity contribution in [3.63, 3.8) is 0 Å². The second kappa shape index (κ2) is 6.46. The third-order valence-corrected chi connectivity index (χ3v) is 3.98. The van der Waals surface area contributed by atoms with E-state index in [4.69, 9.17) is 27.2 Å². The molecule has 1 unspecified atom stereocenters. The van der Waals surface area contributed by atoms with Crippen molar-refractivity contribution in [1.29, 1.82) is 0 Å². The lowest BCUT2D eigenvalue weighted by Gasteiger charge is -2.26. The van der Waals surface area contributed by atoms with Crippen LogP contribution in [0.3, 0.4) is 0 Å². The first kappa shape index (κ1) is 15.1. The molecule has 0 heterocycles. The molecule has 0 bridgehead atoms. The number of halogens is 1. The number of ether oxygens (including phenoxy) is 1. The summed E-state index contributed by atoms with van der Waals surface area (Å²) < 4.78 is 5.82. The molecular weight excluding hydrogens is 278 g/mol. The smallest absolute Gasteiger partial charge is 0.305 e. The maximum Gasteiger partial charge on any atom is 0.305 e. The zero-order valence-corrected chi connectivity index (χ0v) is 12.3. The standard InChI is InChI=1S/C15H20ClNO3/c1-9-5-11(13(17)7-14(18)19)15(12(16)6-9)20-8-10-3-2-4-10/h5-6,10,13H,2-4,7-8,17H2,1H3,(H,18,19). The normalized spacial score (nSPS) is 16.6. The van der Waals surface area contributed by atoms with E-state index in [1.54, 1.807) is 0 Å². The summed E-state index contributed by atoms with van der Waals surface area (Å²) in [5, 5.41) is 9.39. The van der Waals surface area contributed by atoms with Gasteiger partial charge >= 0.3 is 5.97 Å². The molecule has 1 atom stereocenters. The Kier molecular flexibility index (Phi) is 4.89. The van der Waals surface area contributed by atoms with E-state index in [2.05, 4.69) is 0 Å². The molecule has 3 N–H and O–H groups in total. The van der Waals surface area contributed by atoms with Crippen molar-refractivity contribution >= 4 is 17.6 Å². The van der Waals surface area contributed by atoms with Gasteiger partial charge in [0.2, 0.25) is 0 Å². The third kappa shape index (κ3) is 3.64. The highest BCUT2D eigenvalue weighted by Gasteiger charge is 2.22. The Hall–Kier alpha value is -1.26. The Balaban J connectivity index is 2.19. The van der Waals surface area contributed by atoms with Gasteiger partial charge in [0.25, 0.3) is 0 Å². The summed E-state index contributed by atoms with van der Waals surface area (Å²) in [5.41, 5.74) is 7.59. The van der Waals surface area contributed by atoms with Crippen LogP contribution >= 0.6 is 11.6 Å². The molecule has 1 aromatic rings. The Morgan fingerprint density at radius 2 is 2.25 bits per heavy atom. The summed E-state index contributed by atoms with van der Waals surface area (Å²) in [6.07, 6.45) is 3.47. The number of hydrogen-bond donors (Lipinski definition) is 2. The fraction of sp³-hybridized carbons (Fsp3) is 0.533. The molecule has 0 radical (unpaired) electrons. The molecule has 1 fully saturated rings. The van der Waals surface area contributed by atoms with Gasteiger partial charge in [0.05, 0.1) is 18.1 Å². The molecule has 5 heteroatoms. The highest BCUT2D eigenvalue weighted by molar-refractivity contribution is 6.32. The molecule has 110 valence electrons. The average molecular weight is 298 g/mol. The zero-order valence-electron chi connectivity index (χ0n) is 11.6. The lowest BCUT2D eigenvalue weighted by molar-refractivity contribution is -0.137. The highest BCUT2D eigenvalue weighted by Crippen LogP contribution is 2.36. The monoisotopic (exact) mass is 297 g/mol. The number of nitrogens with two attached hydrogens (primary N) is 1. The van der Waals surface area contributed by atoms with Gasteiger partial charge in [0.1, 0.15) is 5.75 Å². The van der Waals surface area contributed by atoms with Gasteiger partial charge in [0, 0.05) is 11.6 Å². The van der Waals surface area contributed by atoms with Crippen LogP contribution < -0.4 is 10.5 Å². The van der Waals surface area contributed by atoms with Crippen LogP contribution in [-0.4, -0.2) is 17.7 Å². The van der Waals surface area contributed by atoms with Gasteiger partial charge in [-0.15, -0.1) is 0 Å². The summed E-state index contributed by atoms with van der Waals surface area (Å²) in [6.45, 7) is 2.52. The van der Waals surface area contributed by atoms with Crippen LogP contribution in [0.15, 0.2) is 12.1 Å². The number of carboxylic acids is 1. The van der Waals surface area contributed by atoms with E-state index in [0.717, 1.165) is 5.56 Å². The fourth-order valence-corrected chi connectivity index (χ4v) is 2.68. The molecule has 0 aromatic heterocycles. The predicted molar refractivity (Wildman–Crippen MR) is 78.2 cm³/mol. The second-order valence-corrected chi connectivity index (χ2v) is 5.88. The average Bonchev–Trinajstić information content (AvgIpc) is 2.28. The predicted octanol–water partition coefficient (Wildman–Crippen LogP) is 3.30. The zero-order chi connectivity index (χ0) is 14.7. The summed E-state index contributed by atoms with van der Waals surface area (Å²) in [4.78, 5) is 10.8. The molecule has 1 aliphatic carbocycles. The molecule has 1 aromatic carbocycles. The van der Waals surface area contributed by atoms with Gasteiger partial charge in [0.15, 0.2) is 0 Å². The minimum Gasteiger partial charge on any atom is -0.491 e. The number of aliphatic carboxylic acids is 1. The number of carbonyl (C=O) groups is 1. The summed E-state index contributed by atoms with van der Waals surface area (Å²) in [6, 6.07) is 3.06. The Morgan fingerprint density at radius 1 is 1.55 bits per heavy atom. The van der Waals surface area contributed by atoms with Crippen molar-refractivity contribution in [2.45, 2.75) is 38.6 Å². The Morgan fingerprint density at radius 3 is 2.80 bits per heavy atom. The van der Waals surface area contributed by atoms with E-state index >= 15 is 0 Å². The first-order valence-corrected chi connectivity index (χ1v) is 7.25. The van der Waals surface area contributed by atoms with E-state index in [9.17, 15) is 4.79 Å². The summed E-state index contributed by atoms with van der Waals surface area (Å²) in [7, 11) is 0. The van der Waals surface area contributed by atoms with Crippen LogP contribution in [0.2, 0.25) is 5.02 Å². The van der Waals surface area contributed by atoms with Gasteiger partial charge < -0.3 is 15.6 Å². The Labute approximate surface area is 123 Å². The molecular formula is C15H20ClNO3. The van der Waals surface area contributed by atoms with Crippen molar-refractivity contribution in [3.05, 3.63) is 28.3 Å². The van der Waals surface area contributed by atoms with Gasteiger partial charge in [-0.1, -0.05) is 24.1 Å². The molecule has 1 saturated carbocycles. The molecule has 20 heavy (non-hydrogen) atoms. The summed E-state index contributed by atoms with van der Waals surface area (Å²) >= 11 is 6.23. The third-order valence-electron chi connectivity index (χ3n) is 3.70. The molecule has 0 saturated heterocycles. The SMILES string of the molecule is Cc1cc(Cl)c(OCC2CCC2)c(C(N)CC(=O)O)c1. The van der Waals surface area contributed by atoms with Crippen LogP contribution in [0.5, 0.6) is 5.75 Å². The van der Waals surface area contributed by atoms with Gasteiger partial charge in [-0.2, -0.15) is 0 Å². The van der Waals surface area contributed by atoms with E-state index in [-0.39, 0.29) is 6.42 Å². The number of rotatable bonds is 6. The lowest BCUT2D eigenvalue weighted by Crippen LogP contribution is -2.21. The molecule has 0 amide bonds.